The molecule has 0 radical (unpaired) electrons. The van der Waals surface area contributed by atoms with Crippen LogP contribution < -0.4 is 15.5 Å². The Morgan fingerprint density at radius 1 is 0.894 bits per heavy atom. The number of para-hydroxylation sites is 1. The number of aliphatic hydroxyl groups excluding tert-OH is 1. The quantitative estimate of drug-likeness (QED) is 0.281. The largest absolute Gasteiger partial charge is 0.622 e. The fourth-order valence-corrected chi connectivity index (χ4v) is 5.84. The first-order valence-corrected chi connectivity index (χ1v) is 15.8. The highest BCUT2D eigenvalue weighted by Crippen LogP contribution is 2.26. The van der Waals surface area contributed by atoms with Gasteiger partial charge in [0.2, 0.25) is 5.91 Å². The van der Waals surface area contributed by atoms with Crippen molar-refractivity contribution in [3.05, 3.63) is 84.6 Å². The number of amides is 2. The van der Waals surface area contributed by atoms with Crippen molar-refractivity contribution in [3.8, 4) is 11.3 Å². The zero-order valence-electron chi connectivity index (χ0n) is 26.9. The van der Waals surface area contributed by atoms with Crippen LogP contribution in [-0.4, -0.2) is 96.2 Å². The maximum absolute atomic E-state index is 13.6. The van der Waals surface area contributed by atoms with Crippen LogP contribution in [0.3, 0.4) is 0 Å². The van der Waals surface area contributed by atoms with E-state index in [1.807, 2.05) is 79.4 Å². The van der Waals surface area contributed by atoms with E-state index in [9.17, 15) is 24.3 Å². The van der Waals surface area contributed by atoms with E-state index in [2.05, 4.69) is 15.6 Å². The smallest absolute Gasteiger partial charge is 0.497 e. The molecule has 3 N–H and O–H groups in total. The van der Waals surface area contributed by atoms with Gasteiger partial charge in [0.15, 0.2) is 0 Å². The predicted octanol–water partition coefficient (Wildman–Crippen LogP) is 2.08. The van der Waals surface area contributed by atoms with Gasteiger partial charge in [-0.05, 0) is 50.6 Å². The predicted molar refractivity (Wildman–Crippen MR) is 176 cm³/mol. The summed E-state index contributed by atoms with van der Waals surface area (Å²) in [6.45, 7) is 5.79. The minimum absolute atomic E-state index is 0.0107. The van der Waals surface area contributed by atoms with E-state index in [1.54, 1.807) is 24.1 Å². The van der Waals surface area contributed by atoms with Gasteiger partial charge in [0.05, 0.1) is 17.7 Å². The highest BCUT2D eigenvalue weighted by Gasteiger charge is 2.50. The molecule has 0 spiro atoms. The maximum Gasteiger partial charge on any atom is 0.622 e. The number of aromatic nitrogens is 1. The number of hydrogen-bond donors (Lipinski definition) is 3. The topological polar surface area (TPSA) is 150 Å². The van der Waals surface area contributed by atoms with E-state index >= 15 is 0 Å². The van der Waals surface area contributed by atoms with Crippen molar-refractivity contribution in [3.63, 3.8) is 0 Å². The summed E-state index contributed by atoms with van der Waals surface area (Å²) in [6, 6.07) is 20.9. The van der Waals surface area contributed by atoms with Gasteiger partial charge >= 0.3 is 19.1 Å². The number of pyridine rings is 1. The number of likely N-dealkylation sites (N-methyl/N-ethyl adjacent to an activating group) is 1. The summed E-state index contributed by atoms with van der Waals surface area (Å²) in [5.74, 6) is -3.55. The van der Waals surface area contributed by atoms with Gasteiger partial charge in [-0.1, -0.05) is 68.4 Å². The third-order valence-electron chi connectivity index (χ3n) is 8.38. The van der Waals surface area contributed by atoms with Crippen LogP contribution >= 0.6 is 0 Å². The number of anilines is 1. The average Bonchev–Trinajstić information content (AvgIpc) is 3.06. The zero-order chi connectivity index (χ0) is 33.7. The molecular formula is C34H40BN5O7. The summed E-state index contributed by atoms with van der Waals surface area (Å²) in [5.41, 5.74) is 2.32. The van der Waals surface area contributed by atoms with Crippen molar-refractivity contribution in [2.24, 2.45) is 5.92 Å². The average molecular weight is 642 g/mol. The standard InChI is InChI=1S/C34H40BN5O7/c1-21(2)18-29(35-46-33(44)27-19-40(24-14-9-6-10-15-24)20-28(39(27)4)34(45)47-35)37-32(43)30(22(3)41)38-31(42)26-17-11-16-25(36-26)23-12-7-5-8-13-23/h5-17,21-22,27-30,41H,18-20H2,1-4H3,(H,37,43)(H,38,42)/t22-,27-,28-,29+,30?/m1/s1. The lowest BCUT2D eigenvalue weighted by atomic mass is 9.73. The van der Waals surface area contributed by atoms with Gasteiger partial charge in [-0.25, -0.2) is 4.98 Å². The summed E-state index contributed by atoms with van der Waals surface area (Å²) in [5, 5.41) is 15.9. The first-order valence-electron chi connectivity index (χ1n) is 15.8. The van der Waals surface area contributed by atoms with Crippen LogP contribution in [0.2, 0.25) is 0 Å². The molecule has 5 atom stereocenters. The maximum atomic E-state index is 13.6. The Morgan fingerprint density at radius 2 is 1.49 bits per heavy atom. The highest BCUT2D eigenvalue weighted by molar-refractivity contribution is 6.51. The Hall–Kier alpha value is -4.75. The molecule has 2 saturated heterocycles. The minimum Gasteiger partial charge on any atom is -0.497 e. The first-order chi connectivity index (χ1) is 22.5. The van der Waals surface area contributed by atoms with E-state index < -0.39 is 61.0 Å². The first kappa shape index (κ1) is 33.6. The number of benzene rings is 2. The summed E-state index contributed by atoms with van der Waals surface area (Å²) >= 11 is 0. The Morgan fingerprint density at radius 3 is 2.06 bits per heavy atom. The fourth-order valence-electron chi connectivity index (χ4n) is 5.84. The molecule has 2 bridgehead atoms. The number of aliphatic hydroxyl groups is 1. The molecule has 246 valence electrons. The van der Waals surface area contributed by atoms with Crippen LogP contribution in [0.25, 0.3) is 11.3 Å². The molecule has 2 fully saturated rings. The molecule has 2 aromatic carbocycles. The number of rotatable bonds is 10. The lowest BCUT2D eigenvalue weighted by Gasteiger charge is -2.45. The molecule has 3 aromatic rings. The molecule has 0 aliphatic carbocycles. The summed E-state index contributed by atoms with van der Waals surface area (Å²) in [7, 11) is 0.270. The fraction of sp³-hybridized carbons (Fsp3) is 0.382. The molecular weight excluding hydrogens is 601 g/mol. The number of hydrogen-bond acceptors (Lipinski definition) is 10. The van der Waals surface area contributed by atoms with Gasteiger partial charge in [0, 0.05) is 24.3 Å². The second kappa shape index (κ2) is 14.8. The number of fused-ring (bicyclic) bond motifs is 2. The third-order valence-corrected chi connectivity index (χ3v) is 8.38. The molecule has 12 nitrogen and oxygen atoms in total. The Labute approximate surface area is 274 Å². The van der Waals surface area contributed by atoms with Crippen molar-refractivity contribution in [1.29, 1.82) is 0 Å². The second-order valence-electron chi connectivity index (χ2n) is 12.4. The van der Waals surface area contributed by atoms with E-state index in [-0.39, 0.29) is 18.0 Å². The number of nitrogens with one attached hydrogen (secondary N) is 2. The zero-order valence-corrected chi connectivity index (χ0v) is 26.9. The Balaban J connectivity index is 1.32. The van der Waals surface area contributed by atoms with Gasteiger partial charge in [-0.15, -0.1) is 0 Å². The lowest BCUT2D eigenvalue weighted by Crippen LogP contribution is -2.67. The van der Waals surface area contributed by atoms with Crippen molar-refractivity contribution in [2.75, 3.05) is 25.0 Å². The van der Waals surface area contributed by atoms with Gasteiger partial charge < -0.3 is 29.9 Å². The SMILES string of the molecule is CC(C)C[C@H](NC(=O)C(NC(=O)c1cccc(-c2ccccc2)n1)[C@@H](C)O)B1OC(=O)[C@H]2CN(c3ccccc3)C[C@H](C(=O)O1)N2C. The van der Waals surface area contributed by atoms with E-state index in [4.69, 9.17) is 9.31 Å². The summed E-state index contributed by atoms with van der Waals surface area (Å²) in [6.07, 6.45) is -1.02. The lowest BCUT2D eigenvalue weighted by molar-refractivity contribution is -0.155. The van der Waals surface area contributed by atoms with Crippen molar-refractivity contribution in [2.45, 2.75) is 57.4 Å². The van der Waals surface area contributed by atoms with Crippen molar-refractivity contribution in [1.82, 2.24) is 20.5 Å². The molecule has 2 amide bonds. The third kappa shape index (κ3) is 7.98. The molecule has 13 heteroatoms. The molecule has 47 heavy (non-hydrogen) atoms. The molecule has 5 rings (SSSR count). The van der Waals surface area contributed by atoms with Crippen LogP contribution in [0.15, 0.2) is 78.9 Å². The number of carbonyl (C=O) groups excluding carboxylic acids is 4. The normalized spacial score (nSPS) is 20.3. The summed E-state index contributed by atoms with van der Waals surface area (Å²) in [4.78, 5) is 62.0. The molecule has 2 aliphatic rings. The van der Waals surface area contributed by atoms with Crippen molar-refractivity contribution < 1.29 is 33.6 Å². The molecule has 0 saturated carbocycles. The van der Waals surface area contributed by atoms with E-state index in [0.717, 1.165) is 11.3 Å². The molecule has 3 heterocycles. The number of piperazine rings is 1. The molecule has 1 aromatic heterocycles. The number of nitrogens with zero attached hydrogens (tertiary/aromatic N) is 3. The van der Waals surface area contributed by atoms with Crippen LogP contribution in [-0.2, 0) is 23.7 Å². The van der Waals surface area contributed by atoms with Gasteiger partial charge in [0.25, 0.3) is 5.91 Å². The van der Waals surface area contributed by atoms with Gasteiger partial charge in [-0.3, -0.25) is 24.1 Å². The Kier molecular flexibility index (Phi) is 10.6. The van der Waals surface area contributed by atoms with E-state index in [1.165, 1.54) is 13.0 Å². The van der Waals surface area contributed by atoms with Crippen LogP contribution in [0.1, 0.15) is 37.7 Å². The van der Waals surface area contributed by atoms with Gasteiger partial charge in [0.1, 0.15) is 23.8 Å². The Bertz CT molecular complexity index is 1550. The number of carbonyl (C=O) groups is 4. The van der Waals surface area contributed by atoms with Crippen LogP contribution in [0.5, 0.6) is 0 Å². The van der Waals surface area contributed by atoms with Crippen LogP contribution in [0, 0.1) is 5.92 Å². The van der Waals surface area contributed by atoms with Gasteiger partial charge in [-0.2, -0.15) is 0 Å². The molecule has 1 unspecified atom stereocenters. The van der Waals surface area contributed by atoms with Crippen LogP contribution in [0.4, 0.5) is 5.69 Å². The minimum atomic E-state index is -1.42. The highest BCUT2D eigenvalue weighted by atomic mass is 16.6. The van der Waals surface area contributed by atoms with Crippen molar-refractivity contribution >= 4 is 36.6 Å². The monoisotopic (exact) mass is 641 g/mol. The van der Waals surface area contributed by atoms with E-state index in [0.29, 0.717) is 18.8 Å². The molecule has 2 aliphatic heterocycles. The second-order valence-corrected chi connectivity index (χ2v) is 12.4. The summed E-state index contributed by atoms with van der Waals surface area (Å²) < 4.78 is 11.6.